The van der Waals surface area contributed by atoms with E-state index >= 15 is 0 Å². The van der Waals surface area contributed by atoms with Gasteiger partial charge >= 0.3 is 0 Å². The van der Waals surface area contributed by atoms with Crippen LogP contribution in [0.15, 0.2) is 82.8 Å². The molecule has 2 heterocycles. The number of hydrogen-bond acceptors (Lipinski definition) is 4. The minimum atomic E-state index is -0.0974. The average molecular weight is 432 g/mol. The molecule has 2 amide bonds. The summed E-state index contributed by atoms with van der Waals surface area (Å²) in [6.07, 6.45) is 3.75. The second-order valence-corrected chi connectivity index (χ2v) is 8.66. The van der Waals surface area contributed by atoms with Crippen molar-refractivity contribution in [3.05, 3.63) is 84.1 Å². The molecule has 5 nitrogen and oxygen atoms in total. The Morgan fingerprint density at radius 3 is 2.68 bits per heavy atom. The van der Waals surface area contributed by atoms with Crippen molar-refractivity contribution < 1.29 is 9.59 Å². The summed E-state index contributed by atoms with van der Waals surface area (Å²) in [5.41, 5.74) is 2.65. The van der Waals surface area contributed by atoms with Gasteiger partial charge in [0.05, 0.1) is 11.3 Å². The Hall–Kier alpha value is -3.12. The second kappa shape index (κ2) is 9.79. The van der Waals surface area contributed by atoms with E-state index in [-0.39, 0.29) is 24.3 Å². The van der Waals surface area contributed by atoms with E-state index in [0.717, 1.165) is 28.5 Å². The fraction of sp³-hybridized carbons (Fsp3) is 0.240. The van der Waals surface area contributed by atoms with Gasteiger partial charge < -0.3 is 10.2 Å². The summed E-state index contributed by atoms with van der Waals surface area (Å²) >= 11 is 1.49. The fourth-order valence-electron chi connectivity index (χ4n) is 3.64. The van der Waals surface area contributed by atoms with Gasteiger partial charge in [-0.25, -0.2) is 4.98 Å². The molecule has 1 atom stereocenters. The van der Waals surface area contributed by atoms with Gasteiger partial charge in [-0.1, -0.05) is 54.2 Å². The Bertz CT molecular complexity index is 1070. The summed E-state index contributed by atoms with van der Waals surface area (Å²) in [7, 11) is 0. The Morgan fingerprint density at radius 1 is 1.06 bits per heavy atom. The quantitative estimate of drug-likeness (QED) is 0.588. The van der Waals surface area contributed by atoms with Gasteiger partial charge in [-0.15, -0.1) is 0 Å². The minimum absolute atomic E-state index is 0.0519. The summed E-state index contributed by atoms with van der Waals surface area (Å²) in [5, 5.41) is 3.84. The van der Waals surface area contributed by atoms with Crippen LogP contribution in [-0.4, -0.2) is 29.4 Å². The van der Waals surface area contributed by atoms with Crippen LogP contribution < -0.4 is 10.2 Å². The highest BCUT2D eigenvalue weighted by atomic mass is 32.2. The molecule has 6 heteroatoms. The molecule has 0 aliphatic carbocycles. The number of amides is 2. The predicted molar refractivity (Wildman–Crippen MR) is 123 cm³/mol. The van der Waals surface area contributed by atoms with E-state index in [4.69, 9.17) is 0 Å². The molecule has 0 spiro atoms. The summed E-state index contributed by atoms with van der Waals surface area (Å²) in [5.74, 6) is -0.149. The SMILES string of the molecule is CC(CCc1ccccc1)NC(=O)CCN1C(=O)c2ccccc2Sc2ncccc21. The predicted octanol–water partition coefficient (Wildman–Crippen LogP) is 4.72. The van der Waals surface area contributed by atoms with Gasteiger partial charge in [0.25, 0.3) is 5.91 Å². The topological polar surface area (TPSA) is 62.3 Å². The first-order valence-corrected chi connectivity index (χ1v) is 11.3. The summed E-state index contributed by atoms with van der Waals surface area (Å²) in [4.78, 5) is 32.9. The number of carbonyl (C=O) groups excluding carboxylic acids is 2. The van der Waals surface area contributed by atoms with Crippen LogP contribution in [0.25, 0.3) is 0 Å². The highest BCUT2D eigenvalue weighted by Gasteiger charge is 2.28. The lowest BCUT2D eigenvalue weighted by Crippen LogP contribution is -2.38. The molecule has 1 aromatic heterocycles. The van der Waals surface area contributed by atoms with Gasteiger partial charge in [-0.3, -0.25) is 9.59 Å². The van der Waals surface area contributed by atoms with Crippen LogP contribution in [0.1, 0.15) is 35.7 Å². The van der Waals surface area contributed by atoms with E-state index in [1.807, 2.05) is 61.5 Å². The van der Waals surface area contributed by atoms with Crippen molar-refractivity contribution in [1.82, 2.24) is 10.3 Å². The van der Waals surface area contributed by atoms with Gasteiger partial charge in [0.15, 0.2) is 0 Å². The zero-order chi connectivity index (χ0) is 21.6. The summed E-state index contributed by atoms with van der Waals surface area (Å²) in [6.45, 7) is 2.33. The third-order valence-corrected chi connectivity index (χ3v) is 6.37. The van der Waals surface area contributed by atoms with E-state index in [9.17, 15) is 9.59 Å². The van der Waals surface area contributed by atoms with E-state index in [0.29, 0.717) is 12.1 Å². The molecule has 1 aliphatic heterocycles. The Labute approximate surface area is 186 Å². The molecule has 0 saturated heterocycles. The Morgan fingerprint density at radius 2 is 1.84 bits per heavy atom. The summed E-state index contributed by atoms with van der Waals surface area (Å²) < 4.78 is 0. The van der Waals surface area contributed by atoms with Gasteiger partial charge in [-0.05, 0) is 49.6 Å². The second-order valence-electron chi connectivity index (χ2n) is 7.63. The minimum Gasteiger partial charge on any atom is -0.354 e. The molecule has 3 aromatic rings. The molecule has 0 saturated carbocycles. The number of nitrogens with zero attached hydrogens (tertiary/aromatic N) is 2. The molecule has 31 heavy (non-hydrogen) atoms. The third-order valence-electron chi connectivity index (χ3n) is 5.29. The smallest absolute Gasteiger partial charge is 0.259 e. The molecule has 0 radical (unpaired) electrons. The molecular formula is C25H25N3O2S. The molecule has 0 fully saturated rings. The molecular weight excluding hydrogens is 406 g/mol. The zero-order valence-electron chi connectivity index (χ0n) is 17.5. The van der Waals surface area contributed by atoms with Crippen molar-refractivity contribution in [3.63, 3.8) is 0 Å². The standard InChI is InChI=1S/C25H25N3O2S/c1-18(13-14-19-8-3-2-4-9-19)27-23(29)15-17-28-21-11-7-16-26-24(21)31-22-12-6-5-10-20(22)25(28)30/h2-12,16,18H,13-15,17H2,1H3,(H,27,29). The van der Waals surface area contributed by atoms with Gasteiger partial charge in [0.2, 0.25) is 5.91 Å². The number of anilines is 1. The van der Waals surface area contributed by atoms with Crippen molar-refractivity contribution in [1.29, 1.82) is 0 Å². The van der Waals surface area contributed by atoms with Crippen LogP contribution >= 0.6 is 11.8 Å². The Balaban J connectivity index is 1.40. The lowest BCUT2D eigenvalue weighted by molar-refractivity contribution is -0.121. The van der Waals surface area contributed by atoms with Crippen LogP contribution in [-0.2, 0) is 11.2 Å². The highest BCUT2D eigenvalue weighted by Crippen LogP contribution is 2.39. The zero-order valence-corrected chi connectivity index (χ0v) is 18.3. The van der Waals surface area contributed by atoms with Crippen molar-refractivity contribution >= 4 is 29.3 Å². The Kier molecular flexibility index (Phi) is 6.67. The third kappa shape index (κ3) is 5.14. The van der Waals surface area contributed by atoms with E-state index < -0.39 is 0 Å². The number of carbonyl (C=O) groups is 2. The number of aryl methyl sites for hydroxylation is 1. The number of benzene rings is 2. The van der Waals surface area contributed by atoms with Gasteiger partial charge in [-0.2, -0.15) is 0 Å². The van der Waals surface area contributed by atoms with Crippen molar-refractivity contribution in [2.75, 3.05) is 11.4 Å². The first-order valence-electron chi connectivity index (χ1n) is 10.5. The molecule has 1 aliphatic rings. The first-order chi connectivity index (χ1) is 15.1. The molecule has 1 unspecified atom stereocenters. The number of nitrogens with one attached hydrogen (secondary N) is 1. The normalized spacial score (nSPS) is 13.7. The van der Waals surface area contributed by atoms with Crippen molar-refractivity contribution in [2.45, 2.75) is 42.1 Å². The van der Waals surface area contributed by atoms with Gasteiger partial charge in [0, 0.05) is 30.1 Å². The van der Waals surface area contributed by atoms with E-state index in [2.05, 4.69) is 22.4 Å². The fourth-order valence-corrected chi connectivity index (χ4v) is 4.66. The highest BCUT2D eigenvalue weighted by molar-refractivity contribution is 7.99. The monoisotopic (exact) mass is 431 g/mol. The molecule has 1 N–H and O–H groups in total. The molecule has 4 rings (SSSR count). The molecule has 0 bridgehead atoms. The lowest BCUT2D eigenvalue weighted by Gasteiger charge is -2.23. The lowest BCUT2D eigenvalue weighted by atomic mass is 10.1. The van der Waals surface area contributed by atoms with Crippen LogP contribution in [0.2, 0.25) is 0 Å². The van der Waals surface area contributed by atoms with Crippen molar-refractivity contribution in [3.8, 4) is 0 Å². The average Bonchev–Trinajstić information content (AvgIpc) is 2.91. The van der Waals surface area contributed by atoms with Crippen LogP contribution in [0.4, 0.5) is 5.69 Å². The van der Waals surface area contributed by atoms with Crippen LogP contribution in [0, 0.1) is 0 Å². The van der Waals surface area contributed by atoms with Crippen LogP contribution in [0.5, 0.6) is 0 Å². The number of aromatic nitrogens is 1. The maximum Gasteiger partial charge on any atom is 0.259 e. The molecule has 2 aromatic carbocycles. The van der Waals surface area contributed by atoms with E-state index in [1.165, 1.54) is 17.3 Å². The van der Waals surface area contributed by atoms with Crippen LogP contribution in [0.3, 0.4) is 0 Å². The number of pyridine rings is 1. The first kappa shape index (κ1) is 21.1. The summed E-state index contributed by atoms with van der Waals surface area (Å²) in [6, 6.07) is 21.6. The maximum absolute atomic E-state index is 13.2. The van der Waals surface area contributed by atoms with Gasteiger partial charge in [0.1, 0.15) is 5.03 Å². The molecule has 158 valence electrons. The van der Waals surface area contributed by atoms with Crippen molar-refractivity contribution in [2.24, 2.45) is 0 Å². The number of rotatable bonds is 7. The largest absolute Gasteiger partial charge is 0.354 e. The number of fused-ring (bicyclic) bond motifs is 2. The maximum atomic E-state index is 13.2. The number of hydrogen-bond donors (Lipinski definition) is 1. The van der Waals surface area contributed by atoms with E-state index in [1.54, 1.807) is 11.1 Å².